The molecule has 0 aromatic carbocycles. The highest BCUT2D eigenvalue weighted by atomic mass is 32.3. The summed E-state index contributed by atoms with van der Waals surface area (Å²) in [6.45, 7) is 0. The van der Waals surface area contributed by atoms with Crippen LogP contribution in [0, 0.1) is 0 Å². The molecule has 15 heteroatoms. The van der Waals surface area contributed by atoms with Gasteiger partial charge >= 0.3 is 0 Å². The van der Waals surface area contributed by atoms with Crippen LogP contribution in [0.5, 0.6) is 0 Å². The van der Waals surface area contributed by atoms with Gasteiger partial charge in [0, 0.05) is 30.5 Å². The maximum atomic E-state index is 4.39. The van der Waals surface area contributed by atoms with Crippen LogP contribution in [0.2, 0.25) is 0 Å². The Bertz CT molecular complexity index is 220. The van der Waals surface area contributed by atoms with E-state index in [4.69, 9.17) is 0 Å². The summed E-state index contributed by atoms with van der Waals surface area (Å²) in [7, 11) is 0. The Labute approximate surface area is 224 Å². The van der Waals surface area contributed by atoms with Gasteiger partial charge in [0.2, 0.25) is 0 Å². The second-order valence-corrected chi connectivity index (χ2v) is 21.6. The Morgan fingerprint density at radius 3 is 0.720 bits per heavy atom. The first-order valence-corrected chi connectivity index (χ1v) is 19.4. The molecule has 152 valence electrons. The van der Waals surface area contributed by atoms with Gasteiger partial charge in [-0.15, -0.1) is 106 Å². The minimum atomic E-state index is 0.416. The van der Waals surface area contributed by atoms with E-state index in [1.54, 1.807) is 0 Å². The number of thioether (sulfide) groups is 9. The Kier molecular flexibility index (Phi) is 27.2. The quantitative estimate of drug-likeness (QED) is 0.0658. The predicted octanol–water partition coefficient (Wildman–Crippen LogP) is 8.04. The summed E-state index contributed by atoms with van der Waals surface area (Å²) in [6, 6.07) is 0. The first-order chi connectivity index (χ1) is 12.1. The lowest BCUT2D eigenvalue weighted by atomic mass is 11.8. The lowest BCUT2D eigenvalue weighted by Crippen LogP contribution is -2.07. The van der Waals surface area contributed by atoms with Crippen LogP contribution in [0.15, 0.2) is 0 Å². The molecule has 25 heavy (non-hydrogen) atoms. The summed E-state index contributed by atoms with van der Waals surface area (Å²) >= 11 is 43.5. The number of thiol groups is 6. The molecule has 0 rings (SSSR count). The molecule has 0 nitrogen and oxygen atoms in total. The van der Waals surface area contributed by atoms with Gasteiger partial charge in [0.1, 0.15) is 3.91 Å². The third-order valence-corrected chi connectivity index (χ3v) is 17.4. The highest BCUT2D eigenvalue weighted by Crippen LogP contribution is 2.53. The number of rotatable bonds is 18. The summed E-state index contributed by atoms with van der Waals surface area (Å²) in [5, 5.41) is 4.92. The fraction of sp³-hybridized carbons (Fsp3) is 1.00. The minimum Gasteiger partial charge on any atom is -0.168 e. The molecule has 0 radical (unpaired) electrons. The van der Waals surface area contributed by atoms with Crippen LogP contribution >= 0.6 is 182 Å². The third-order valence-electron chi connectivity index (χ3n) is 1.93. The average molecular weight is 623 g/mol. The average Bonchev–Trinajstić information content (AvgIpc) is 2.56. The number of hydrogen-bond acceptors (Lipinski definition) is 15. The van der Waals surface area contributed by atoms with E-state index in [2.05, 4.69) is 75.8 Å². The van der Waals surface area contributed by atoms with Crippen molar-refractivity contribution in [2.24, 2.45) is 0 Å². The van der Waals surface area contributed by atoms with E-state index in [0.29, 0.717) is 15.7 Å². The van der Waals surface area contributed by atoms with Gasteiger partial charge in [-0.1, -0.05) is 0 Å². The van der Waals surface area contributed by atoms with Crippen molar-refractivity contribution in [3.8, 4) is 0 Å². The highest BCUT2D eigenvalue weighted by Gasteiger charge is 2.26. The number of hydrogen-bond donors (Lipinski definition) is 6. The van der Waals surface area contributed by atoms with Crippen LogP contribution in [-0.4, -0.2) is 46.2 Å². The van der Waals surface area contributed by atoms with Crippen molar-refractivity contribution in [3.63, 3.8) is 0 Å². The molecule has 0 aromatic rings. The van der Waals surface area contributed by atoms with Crippen LogP contribution in [0.25, 0.3) is 0 Å². The molecule has 0 heterocycles. The van der Waals surface area contributed by atoms with Crippen molar-refractivity contribution < 1.29 is 0 Å². The minimum absolute atomic E-state index is 0.416. The van der Waals surface area contributed by atoms with Gasteiger partial charge in [0.25, 0.3) is 0 Å². The first kappa shape index (κ1) is 30.2. The largest absolute Gasteiger partial charge is 0.168 e. The Balaban J connectivity index is 4.96. The zero-order valence-corrected chi connectivity index (χ0v) is 25.6. The van der Waals surface area contributed by atoms with Gasteiger partial charge in [-0.3, -0.25) is 0 Å². The third kappa shape index (κ3) is 17.5. The van der Waals surface area contributed by atoms with Crippen molar-refractivity contribution in [1.82, 2.24) is 0 Å². The van der Waals surface area contributed by atoms with E-state index < -0.39 is 0 Å². The van der Waals surface area contributed by atoms with Crippen LogP contribution in [0.1, 0.15) is 0 Å². The van der Waals surface area contributed by atoms with Gasteiger partial charge in [0.15, 0.2) is 0 Å². The molecular weight excluding hydrogens is 601 g/mol. The van der Waals surface area contributed by atoms with Crippen molar-refractivity contribution in [1.29, 1.82) is 0 Å². The fourth-order valence-corrected chi connectivity index (χ4v) is 21.5. The zero-order chi connectivity index (χ0) is 18.9. The van der Waals surface area contributed by atoms with Gasteiger partial charge in [-0.05, 0) is 0 Å². The molecule has 0 aromatic heterocycles. The zero-order valence-electron chi connectivity index (χ0n) is 12.9. The SMILES string of the molecule is SCSC(SCS)SC(SC(SCS)SCS)SC(SCS)SCS. The molecule has 0 aliphatic rings. The molecule has 0 N–H and O–H groups in total. The predicted molar refractivity (Wildman–Crippen MR) is 167 cm³/mol. The molecular formula is C10H22S15. The second-order valence-electron chi connectivity index (χ2n) is 3.34. The molecule has 0 saturated heterocycles. The van der Waals surface area contributed by atoms with E-state index in [1.165, 1.54) is 0 Å². The first-order valence-electron chi connectivity index (χ1n) is 6.46. The lowest BCUT2D eigenvalue weighted by molar-refractivity contribution is 1.85. The van der Waals surface area contributed by atoms with Crippen molar-refractivity contribution in [3.05, 3.63) is 0 Å². The van der Waals surface area contributed by atoms with E-state index in [1.807, 2.05) is 106 Å². The Hall–Kier alpha value is 5.25. The van der Waals surface area contributed by atoms with Gasteiger partial charge in [0.05, 0.1) is 11.7 Å². The Morgan fingerprint density at radius 1 is 0.360 bits per heavy atom. The van der Waals surface area contributed by atoms with Gasteiger partial charge in [-0.2, -0.15) is 75.8 Å². The van der Waals surface area contributed by atoms with Gasteiger partial charge < -0.3 is 0 Å². The van der Waals surface area contributed by atoms with Crippen LogP contribution in [-0.2, 0) is 0 Å². The maximum Gasteiger partial charge on any atom is 0.101 e. The smallest absolute Gasteiger partial charge is 0.101 e. The second kappa shape index (κ2) is 22.4. The fourth-order valence-electron chi connectivity index (χ4n) is 1.11. The standard InChI is InChI=1S/C10H22S15/c11-1-17-7(18-2-12)23-10(24-8(19-3-13)20-4-14)25-9(21-5-15)22-6-16/h7-16H,1-6H2. The Morgan fingerprint density at radius 2 is 0.560 bits per heavy atom. The molecule has 0 spiro atoms. The van der Waals surface area contributed by atoms with E-state index in [9.17, 15) is 0 Å². The highest BCUT2D eigenvalue weighted by molar-refractivity contribution is 8.49. The maximum absolute atomic E-state index is 4.39. The summed E-state index contributed by atoms with van der Waals surface area (Å²) in [5.74, 6) is 0. The molecule has 0 aliphatic heterocycles. The van der Waals surface area contributed by atoms with Crippen molar-refractivity contribution in [2.45, 2.75) is 15.7 Å². The molecule has 0 unspecified atom stereocenters. The summed E-state index contributed by atoms with van der Waals surface area (Å²) in [4.78, 5) is 0. The van der Waals surface area contributed by atoms with Crippen LogP contribution in [0.3, 0.4) is 0 Å². The molecule has 0 amide bonds. The molecule has 0 atom stereocenters. The van der Waals surface area contributed by atoms with E-state index in [-0.39, 0.29) is 0 Å². The van der Waals surface area contributed by atoms with Crippen molar-refractivity contribution >= 4 is 182 Å². The van der Waals surface area contributed by atoms with E-state index in [0.717, 1.165) is 30.5 Å². The van der Waals surface area contributed by atoms with E-state index >= 15 is 0 Å². The monoisotopic (exact) mass is 622 g/mol. The summed E-state index contributed by atoms with van der Waals surface area (Å²) in [5.41, 5.74) is 0. The summed E-state index contributed by atoms with van der Waals surface area (Å²) < 4.78 is 1.72. The summed E-state index contributed by atoms with van der Waals surface area (Å²) in [6.07, 6.45) is 0. The lowest BCUT2D eigenvalue weighted by Gasteiger charge is -2.27. The normalized spacial score (nSPS) is 12.2. The van der Waals surface area contributed by atoms with Crippen molar-refractivity contribution in [2.75, 3.05) is 30.5 Å². The molecule has 0 bridgehead atoms. The molecule has 0 fully saturated rings. The molecule has 0 saturated carbocycles. The van der Waals surface area contributed by atoms with Crippen LogP contribution in [0.4, 0.5) is 0 Å². The topological polar surface area (TPSA) is 0 Å². The van der Waals surface area contributed by atoms with Gasteiger partial charge in [-0.25, -0.2) is 0 Å². The van der Waals surface area contributed by atoms with Crippen LogP contribution < -0.4 is 0 Å². The molecule has 0 aliphatic carbocycles.